The van der Waals surface area contributed by atoms with Gasteiger partial charge in [0.05, 0.1) is 16.8 Å². The Morgan fingerprint density at radius 1 is 1.42 bits per heavy atom. The molecule has 1 aromatic carbocycles. The molecular weight excluding hydrogens is 285 g/mol. The minimum absolute atomic E-state index is 0.232. The molecule has 0 radical (unpaired) electrons. The van der Waals surface area contributed by atoms with Crippen LogP contribution in [0.3, 0.4) is 0 Å². The Balaban J connectivity index is 2.07. The predicted molar refractivity (Wildman–Crippen MR) is 75.6 cm³/mol. The molecule has 4 nitrogen and oxygen atoms in total. The van der Waals surface area contributed by atoms with Gasteiger partial charge in [-0.1, -0.05) is 23.2 Å². The van der Waals surface area contributed by atoms with Gasteiger partial charge in [0.2, 0.25) is 0 Å². The molecule has 0 aliphatic heterocycles. The fraction of sp³-hybridized carbons (Fsp3) is 0.231. The summed E-state index contributed by atoms with van der Waals surface area (Å²) in [4.78, 5) is 12.0. The van der Waals surface area contributed by atoms with Crippen molar-refractivity contribution in [2.45, 2.75) is 13.5 Å². The summed E-state index contributed by atoms with van der Waals surface area (Å²) in [5.41, 5.74) is 2.40. The van der Waals surface area contributed by atoms with Crippen LogP contribution in [0.25, 0.3) is 0 Å². The van der Waals surface area contributed by atoms with E-state index >= 15 is 0 Å². The fourth-order valence-electron chi connectivity index (χ4n) is 1.66. The first kappa shape index (κ1) is 13.9. The molecule has 0 spiro atoms. The van der Waals surface area contributed by atoms with Crippen molar-refractivity contribution < 1.29 is 4.79 Å². The van der Waals surface area contributed by atoms with Gasteiger partial charge in [0.25, 0.3) is 5.91 Å². The standard InChI is InChI=1S/C13H13Cl2N3O/c1-8-9(7-17-18(8)2)6-16-13(19)11-4-3-10(14)5-12(11)15/h3-5,7H,6H2,1-2H3,(H,16,19). The second-order valence-corrected chi connectivity index (χ2v) is 5.03. The molecule has 2 rings (SSSR count). The van der Waals surface area contributed by atoms with E-state index in [0.717, 1.165) is 11.3 Å². The Labute approximate surface area is 121 Å². The third-order valence-corrected chi connectivity index (χ3v) is 3.50. The number of benzene rings is 1. The van der Waals surface area contributed by atoms with Crippen LogP contribution < -0.4 is 5.32 Å². The Bertz CT molecular complexity index is 622. The topological polar surface area (TPSA) is 46.9 Å². The van der Waals surface area contributed by atoms with Crippen molar-refractivity contribution in [3.63, 3.8) is 0 Å². The number of amides is 1. The number of hydrogen-bond donors (Lipinski definition) is 1. The average Bonchev–Trinajstić information content (AvgIpc) is 2.67. The van der Waals surface area contributed by atoms with Gasteiger partial charge in [-0.25, -0.2) is 0 Å². The molecule has 19 heavy (non-hydrogen) atoms. The van der Waals surface area contributed by atoms with Crippen molar-refractivity contribution >= 4 is 29.1 Å². The minimum Gasteiger partial charge on any atom is -0.348 e. The van der Waals surface area contributed by atoms with Gasteiger partial charge in [0.15, 0.2) is 0 Å². The number of rotatable bonds is 3. The first-order valence-corrected chi connectivity index (χ1v) is 6.45. The monoisotopic (exact) mass is 297 g/mol. The lowest BCUT2D eigenvalue weighted by Gasteiger charge is -2.07. The maximum Gasteiger partial charge on any atom is 0.253 e. The van der Waals surface area contributed by atoms with Gasteiger partial charge in [0, 0.05) is 29.9 Å². The van der Waals surface area contributed by atoms with Crippen LogP contribution in [0.5, 0.6) is 0 Å². The van der Waals surface area contributed by atoms with Crippen molar-refractivity contribution in [1.82, 2.24) is 15.1 Å². The van der Waals surface area contributed by atoms with Crippen LogP contribution in [0, 0.1) is 6.92 Å². The second kappa shape index (κ2) is 5.63. The van der Waals surface area contributed by atoms with Crippen molar-refractivity contribution in [3.05, 3.63) is 51.3 Å². The van der Waals surface area contributed by atoms with Crippen molar-refractivity contribution in [3.8, 4) is 0 Å². The summed E-state index contributed by atoms with van der Waals surface area (Å²) in [5.74, 6) is -0.232. The third kappa shape index (κ3) is 3.08. The summed E-state index contributed by atoms with van der Waals surface area (Å²) in [7, 11) is 1.86. The van der Waals surface area contributed by atoms with E-state index in [9.17, 15) is 4.79 Å². The molecule has 0 aliphatic carbocycles. The van der Waals surface area contributed by atoms with Gasteiger partial charge in [0.1, 0.15) is 0 Å². The number of halogens is 2. The van der Waals surface area contributed by atoms with Crippen molar-refractivity contribution in [1.29, 1.82) is 0 Å². The van der Waals surface area contributed by atoms with Crippen LogP contribution in [0.1, 0.15) is 21.6 Å². The maximum atomic E-state index is 12.0. The number of carbonyl (C=O) groups excluding carboxylic acids is 1. The van der Waals surface area contributed by atoms with Crippen molar-refractivity contribution in [2.24, 2.45) is 7.05 Å². The highest BCUT2D eigenvalue weighted by atomic mass is 35.5. The fourth-order valence-corrected chi connectivity index (χ4v) is 2.16. The van der Waals surface area contributed by atoms with Gasteiger partial charge >= 0.3 is 0 Å². The van der Waals surface area contributed by atoms with Crippen molar-refractivity contribution in [2.75, 3.05) is 0 Å². The first-order valence-electron chi connectivity index (χ1n) is 5.69. The predicted octanol–water partition coefficient (Wildman–Crippen LogP) is 2.97. The number of nitrogens with zero attached hydrogens (tertiary/aromatic N) is 2. The zero-order valence-electron chi connectivity index (χ0n) is 10.6. The summed E-state index contributed by atoms with van der Waals surface area (Å²) in [6.07, 6.45) is 1.74. The van der Waals surface area contributed by atoms with Crippen LogP contribution in [-0.4, -0.2) is 15.7 Å². The SMILES string of the molecule is Cc1c(CNC(=O)c2ccc(Cl)cc2Cl)cnn1C. The molecule has 0 unspecified atom stereocenters. The highest BCUT2D eigenvalue weighted by Crippen LogP contribution is 2.20. The lowest BCUT2D eigenvalue weighted by molar-refractivity contribution is 0.0951. The van der Waals surface area contributed by atoms with E-state index in [1.165, 1.54) is 0 Å². The zero-order chi connectivity index (χ0) is 14.0. The summed E-state index contributed by atoms with van der Waals surface area (Å²) in [6, 6.07) is 4.79. The molecule has 0 aliphatic rings. The van der Waals surface area contributed by atoms with Crippen LogP contribution >= 0.6 is 23.2 Å². The Hall–Kier alpha value is -1.52. The highest BCUT2D eigenvalue weighted by molar-refractivity contribution is 6.36. The minimum atomic E-state index is -0.232. The molecule has 0 saturated carbocycles. The van der Waals surface area contributed by atoms with Crippen LogP contribution in [-0.2, 0) is 13.6 Å². The van der Waals surface area contributed by atoms with Gasteiger partial charge < -0.3 is 5.32 Å². The van der Waals surface area contributed by atoms with Crippen LogP contribution in [0.4, 0.5) is 0 Å². The van der Waals surface area contributed by atoms with E-state index in [4.69, 9.17) is 23.2 Å². The lowest BCUT2D eigenvalue weighted by atomic mass is 10.2. The molecule has 0 atom stereocenters. The molecule has 100 valence electrons. The molecular formula is C13H13Cl2N3O. The molecule has 0 fully saturated rings. The normalized spacial score (nSPS) is 10.5. The molecule has 1 heterocycles. The van der Waals surface area contributed by atoms with Gasteiger partial charge in [-0.3, -0.25) is 9.48 Å². The molecule has 1 N–H and O–H groups in total. The summed E-state index contributed by atoms with van der Waals surface area (Å²) < 4.78 is 1.76. The number of nitrogens with one attached hydrogen (secondary N) is 1. The van der Waals surface area contributed by atoms with Gasteiger partial charge in [-0.15, -0.1) is 0 Å². The summed E-state index contributed by atoms with van der Waals surface area (Å²) in [6.45, 7) is 2.36. The zero-order valence-corrected chi connectivity index (χ0v) is 12.1. The van der Waals surface area contributed by atoms with E-state index in [1.54, 1.807) is 29.1 Å². The number of carbonyl (C=O) groups is 1. The summed E-state index contributed by atoms with van der Waals surface area (Å²) >= 11 is 11.8. The van der Waals surface area contributed by atoms with E-state index in [0.29, 0.717) is 22.2 Å². The van der Waals surface area contributed by atoms with E-state index in [1.807, 2.05) is 14.0 Å². The van der Waals surface area contributed by atoms with Crippen LogP contribution in [0.2, 0.25) is 10.0 Å². The smallest absolute Gasteiger partial charge is 0.253 e. The quantitative estimate of drug-likeness (QED) is 0.947. The third-order valence-electron chi connectivity index (χ3n) is 2.95. The number of aryl methyl sites for hydroxylation is 1. The number of hydrogen-bond acceptors (Lipinski definition) is 2. The van der Waals surface area contributed by atoms with E-state index in [-0.39, 0.29) is 5.91 Å². The summed E-state index contributed by atoms with van der Waals surface area (Å²) in [5, 5.41) is 7.77. The molecule has 2 aromatic rings. The second-order valence-electron chi connectivity index (χ2n) is 4.19. The maximum absolute atomic E-state index is 12.0. The largest absolute Gasteiger partial charge is 0.348 e. The average molecular weight is 298 g/mol. The highest BCUT2D eigenvalue weighted by Gasteiger charge is 2.11. The lowest BCUT2D eigenvalue weighted by Crippen LogP contribution is -2.23. The Morgan fingerprint density at radius 3 is 2.74 bits per heavy atom. The van der Waals surface area contributed by atoms with Crippen LogP contribution in [0.15, 0.2) is 24.4 Å². The molecule has 6 heteroatoms. The van der Waals surface area contributed by atoms with E-state index in [2.05, 4.69) is 10.4 Å². The van der Waals surface area contributed by atoms with Gasteiger partial charge in [-0.2, -0.15) is 5.10 Å². The molecule has 0 saturated heterocycles. The van der Waals surface area contributed by atoms with Gasteiger partial charge in [-0.05, 0) is 25.1 Å². The molecule has 1 amide bonds. The number of aromatic nitrogens is 2. The Morgan fingerprint density at radius 2 is 2.16 bits per heavy atom. The van der Waals surface area contributed by atoms with E-state index < -0.39 is 0 Å². The molecule has 0 bridgehead atoms. The first-order chi connectivity index (χ1) is 8.99. The Kier molecular flexibility index (Phi) is 4.12. The molecule has 1 aromatic heterocycles.